The van der Waals surface area contributed by atoms with Crippen molar-refractivity contribution >= 4 is 16.8 Å². The van der Waals surface area contributed by atoms with E-state index < -0.39 is 0 Å². The smallest absolute Gasteiger partial charge is 0.268 e. The number of aromatic amines is 1. The van der Waals surface area contributed by atoms with Gasteiger partial charge in [0.05, 0.1) is 12.6 Å². The van der Waals surface area contributed by atoms with Gasteiger partial charge in [0.15, 0.2) is 0 Å². The third kappa shape index (κ3) is 2.78. The lowest BCUT2D eigenvalue weighted by Gasteiger charge is -2.23. The van der Waals surface area contributed by atoms with E-state index >= 15 is 0 Å². The van der Waals surface area contributed by atoms with Crippen LogP contribution < -0.4 is 5.32 Å². The minimum absolute atomic E-state index is 0.0547. The molecule has 4 nitrogen and oxygen atoms in total. The van der Waals surface area contributed by atoms with Crippen molar-refractivity contribution in [2.45, 2.75) is 32.2 Å². The number of carbonyl (C=O) groups excluding carboxylic acids is 1. The summed E-state index contributed by atoms with van der Waals surface area (Å²) in [6, 6.07) is 4.60. The Hall–Kier alpha value is -1.88. The lowest BCUT2D eigenvalue weighted by Crippen LogP contribution is -2.41. The molecule has 0 aliphatic carbocycles. The molecule has 0 saturated carbocycles. The molecule has 2 N–H and O–H groups in total. The Morgan fingerprint density at radius 2 is 2.38 bits per heavy atom. The van der Waals surface area contributed by atoms with Crippen molar-refractivity contribution in [3.05, 3.63) is 35.3 Å². The molecule has 1 atom stereocenters. The molecule has 1 aromatic carbocycles. The number of halogens is 1. The fourth-order valence-corrected chi connectivity index (χ4v) is 2.89. The van der Waals surface area contributed by atoms with Gasteiger partial charge in [-0.25, -0.2) is 4.39 Å². The molecule has 1 aromatic heterocycles. The van der Waals surface area contributed by atoms with Crippen LogP contribution in [-0.2, 0) is 11.2 Å². The van der Waals surface area contributed by atoms with Gasteiger partial charge in [0.2, 0.25) is 0 Å². The number of hydrogen-bond acceptors (Lipinski definition) is 2. The Balaban J connectivity index is 1.89. The molecule has 0 unspecified atom stereocenters. The highest BCUT2D eigenvalue weighted by Crippen LogP contribution is 2.24. The number of aromatic nitrogens is 1. The van der Waals surface area contributed by atoms with Crippen molar-refractivity contribution in [1.29, 1.82) is 0 Å². The van der Waals surface area contributed by atoms with Crippen molar-refractivity contribution in [1.82, 2.24) is 10.3 Å². The van der Waals surface area contributed by atoms with Gasteiger partial charge in [-0.15, -0.1) is 0 Å². The topological polar surface area (TPSA) is 54.1 Å². The first kappa shape index (κ1) is 14.1. The molecular weight excluding hydrogens is 271 g/mol. The maximum atomic E-state index is 13.4. The van der Waals surface area contributed by atoms with Crippen LogP contribution in [0.2, 0.25) is 0 Å². The molecule has 2 aromatic rings. The van der Waals surface area contributed by atoms with E-state index in [0.29, 0.717) is 18.7 Å². The zero-order chi connectivity index (χ0) is 14.8. The van der Waals surface area contributed by atoms with Crippen LogP contribution in [0.4, 0.5) is 4.39 Å². The molecule has 5 heteroatoms. The normalized spacial score (nSPS) is 18.9. The summed E-state index contributed by atoms with van der Waals surface area (Å²) in [5.41, 5.74) is 2.18. The van der Waals surface area contributed by atoms with E-state index in [1.807, 2.05) is 6.92 Å². The minimum Gasteiger partial charge on any atom is -0.379 e. The van der Waals surface area contributed by atoms with Crippen LogP contribution in [0.3, 0.4) is 0 Å². The molecule has 0 radical (unpaired) electrons. The number of amides is 1. The molecule has 2 heterocycles. The molecule has 1 aliphatic rings. The molecule has 1 amide bonds. The monoisotopic (exact) mass is 290 g/mol. The van der Waals surface area contributed by atoms with Crippen molar-refractivity contribution in [3.8, 4) is 0 Å². The average molecular weight is 290 g/mol. The summed E-state index contributed by atoms with van der Waals surface area (Å²) in [6.07, 6.45) is 2.57. The second-order valence-corrected chi connectivity index (χ2v) is 5.41. The zero-order valence-corrected chi connectivity index (χ0v) is 12.0. The van der Waals surface area contributed by atoms with Gasteiger partial charge in [0, 0.05) is 17.5 Å². The summed E-state index contributed by atoms with van der Waals surface area (Å²) in [5, 5.41) is 3.78. The van der Waals surface area contributed by atoms with E-state index in [4.69, 9.17) is 4.74 Å². The highest BCUT2D eigenvalue weighted by atomic mass is 19.1. The number of aryl methyl sites for hydroxylation is 1. The Labute approximate surface area is 122 Å². The van der Waals surface area contributed by atoms with Gasteiger partial charge in [-0.3, -0.25) is 4.79 Å². The van der Waals surface area contributed by atoms with Gasteiger partial charge in [0.1, 0.15) is 11.5 Å². The average Bonchev–Trinajstić information content (AvgIpc) is 2.86. The van der Waals surface area contributed by atoms with Gasteiger partial charge in [-0.05, 0) is 43.0 Å². The fourth-order valence-electron chi connectivity index (χ4n) is 2.89. The second kappa shape index (κ2) is 5.85. The molecular formula is C16H19FN2O2. The first-order valence-electron chi connectivity index (χ1n) is 7.37. The minimum atomic E-state index is -0.288. The standard InChI is InChI=1S/C16H19FN2O2/c1-2-12-13-8-10(17)5-6-14(13)19-15(12)16(20)18-11-4-3-7-21-9-11/h5-6,8,11,19H,2-4,7,9H2,1H3,(H,18,20)/t11-/m0/s1. The van der Waals surface area contributed by atoms with Crippen molar-refractivity contribution in [2.75, 3.05) is 13.2 Å². The number of H-pyrrole nitrogens is 1. The van der Waals surface area contributed by atoms with Crippen LogP contribution in [0, 0.1) is 5.82 Å². The summed E-state index contributed by atoms with van der Waals surface area (Å²) in [6.45, 7) is 3.29. The first-order chi connectivity index (χ1) is 10.2. The number of hydrogen-bond donors (Lipinski definition) is 2. The molecule has 0 bridgehead atoms. The van der Waals surface area contributed by atoms with Crippen molar-refractivity contribution < 1.29 is 13.9 Å². The lowest BCUT2D eigenvalue weighted by atomic mass is 10.1. The number of rotatable bonds is 3. The van der Waals surface area contributed by atoms with E-state index in [9.17, 15) is 9.18 Å². The van der Waals surface area contributed by atoms with E-state index in [1.165, 1.54) is 12.1 Å². The van der Waals surface area contributed by atoms with Crippen LogP contribution in [0.25, 0.3) is 10.9 Å². The van der Waals surface area contributed by atoms with Gasteiger partial charge in [0.25, 0.3) is 5.91 Å². The summed E-state index contributed by atoms with van der Waals surface area (Å²) in [7, 11) is 0. The molecule has 0 spiro atoms. The number of ether oxygens (including phenoxy) is 1. The van der Waals surface area contributed by atoms with Gasteiger partial charge in [-0.1, -0.05) is 6.92 Å². The van der Waals surface area contributed by atoms with Crippen LogP contribution in [0.1, 0.15) is 35.8 Å². The summed E-state index contributed by atoms with van der Waals surface area (Å²) in [4.78, 5) is 15.6. The van der Waals surface area contributed by atoms with Gasteiger partial charge < -0.3 is 15.0 Å². The molecule has 1 aliphatic heterocycles. The number of carbonyl (C=O) groups is 1. The fraction of sp³-hybridized carbons (Fsp3) is 0.438. The largest absolute Gasteiger partial charge is 0.379 e. The maximum absolute atomic E-state index is 13.4. The third-order valence-electron chi connectivity index (χ3n) is 3.94. The summed E-state index contributed by atoms with van der Waals surface area (Å²) >= 11 is 0. The maximum Gasteiger partial charge on any atom is 0.268 e. The number of nitrogens with one attached hydrogen (secondary N) is 2. The van der Waals surface area contributed by atoms with Crippen LogP contribution in [-0.4, -0.2) is 30.1 Å². The highest BCUT2D eigenvalue weighted by Gasteiger charge is 2.21. The molecule has 1 saturated heterocycles. The van der Waals surface area contributed by atoms with Crippen LogP contribution in [0.5, 0.6) is 0 Å². The SMILES string of the molecule is CCc1c(C(=O)N[C@H]2CCCOC2)[nH]c2ccc(F)cc12. The molecule has 112 valence electrons. The Kier molecular flexibility index (Phi) is 3.92. The Bertz CT molecular complexity index is 660. The molecule has 21 heavy (non-hydrogen) atoms. The second-order valence-electron chi connectivity index (χ2n) is 5.41. The van der Waals surface area contributed by atoms with E-state index in [-0.39, 0.29) is 17.8 Å². The summed E-state index contributed by atoms with van der Waals surface area (Å²) < 4.78 is 18.8. The highest BCUT2D eigenvalue weighted by molar-refractivity contribution is 6.01. The molecule has 3 rings (SSSR count). The first-order valence-corrected chi connectivity index (χ1v) is 7.37. The predicted octanol–water partition coefficient (Wildman–Crippen LogP) is 2.78. The zero-order valence-electron chi connectivity index (χ0n) is 12.0. The quantitative estimate of drug-likeness (QED) is 0.913. The van der Waals surface area contributed by atoms with E-state index in [2.05, 4.69) is 10.3 Å². The Morgan fingerprint density at radius 1 is 1.52 bits per heavy atom. The van der Waals surface area contributed by atoms with E-state index in [1.54, 1.807) is 6.07 Å². The Morgan fingerprint density at radius 3 is 3.10 bits per heavy atom. The number of benzene rings is 1. The predicted molar refractivity (Wildman–Crippen MR) is 78.9 cm³/mol. The third-order valence-corrected chi connectivity index (χ3v) is 3.94. The lowest BCUT2D eigenvalue weighted by molar-refractivity contribution is 0.0622. The molecule has 1 fully saturated rings. The number of fused-ring (bicyclic) bond motifs is 1. The van der Waals surface area contributed by atoms with Crippen molar-refractivity contribution in [2.24, 2.45) is 0 Å². The van der Waals surface area contributed by atoms with E-state index in [0.717, 1.165) is 35.9 Å². The van der Waals surface area contributed by atoms with Crippen molar-refractivity contribution in [3.63, 3.8) is 0 Å². The summed E-state index contributed by atoms with van der Waals surface area (Å²) in [5.74, 6) is -0.428. The van der Waals surface area contributed by atoms with Gasteiger partial charge in [-0.2, -0.15) is 0 Å². The van der Waals surface area contributed by atoms with Crippen LogP contribution in [0.15, 0.2) is 18.2 Å². The van der Waals surface area contributed by atoms with Gasteiger partial charge >= 0.3 is 0 Å². The van der Waals surface area contributed by atoms with Crippen LogP contribution >= 0.6 is 0 Å².